The maximum Gasteiger partial charge on any atom is 0.178 e. The summed E-state index contributed by atoms with van der Waals surface area (Å²) in [4.78, 5) is 0.314. The van der Waals surface area contributed by atoms with Crippen LogP contribution in [-0.4, -0.2) is 14.2 Å². The fourth-order valence-corrected chi connectivity index (χ4v) is 2.83. The number of benzene rings is 1. The summed E-state index contributed by atoms with van der Waals surface area (Å²) in [5.74, 6) is 0.733. The Bertz CT molecular complexity index is 615. The number of halogens is 1. The average Bonchev–Trinajstić information content (AvgIpc) is 2.83. The first-order valence-corrected chi connectivity index (χ1v) is 7.55. The largest absolute Gasteiger partial charge is 0.464 e. The van der Waals surface area contributed by atoms with Crippen molar-refractivity contribution in [1.82, 2.24) is 0 Å². The Morgan fingerprint density at radius 1 is 1.29 bits per heavy atom. The van der Waals surface area contributed by atoms with E-state index in [-0.39, 0.29) is 5.75 Å². The average molecular weight is 315 g/mol. The molecule has 17 heavy (non-hydrogen) atoms. The third kappa shape index (κ3) is 2.45. The lowest BCUT2D eigenvalue weighted by molar-refractivity contribution is 0.581. The summed E-state index contributed by atoms with van der Waals surface area (Å²) < 4.78 is 29.7. The molecule has 0 saturated carbocycles. The molecule has 2 aromatic rings. The lowest BCUT2D eigenvalue weighted by atomic mass is 10.2. The monoisotopic (exact) mass is 314 g/mol. The van der Waals surface area contributed by atoms with Gasteiger partial charge in [-0.1, -0.05) is 22.9 Å². The summed E-state index contributed by atoms with van der Waals surface area (Å²) in [5, 5.41) is 0. The topological polar surface area (TPSA) is 47.3 Å². The predicted octanol–water partition coefficient (Wildman–Crippen LogP) is 3.50. The van der Waals surface area contributed by atoms with Crippen LogP contribution >= 0.6 is 15.9 Å². The lowest BCUT2D eigenvalue weighted by Crippen LogP contribution is -2.03. The second kappa shape index (κ2) is 4.66. The van der Waals surface area contributed by atoms with Crippen molar-refractivity contribution >= 4 is 25.8 Å². The first-order valence-electron chi connectivity index (χ1n) is 5.11. The highest BCUT2D eigenvalue weighted by Crippen LogP contribution is 2.31. The van der Waals surface area contributed by atoms with Crippen LogP contribution in [0.5, 0.6) is 0 Å². The fraction of sp³-hybridized carbons (Fsp3) is 0.167. The van der Waals surface area contributed by atoms with Crippen molar-refractivity contribution in [3.05, 3.63) is 41.1 Å². The van der Waals surface area contributed by atoms with E-state index in [1.165, 1.54) is 0 Å². The molecule has 0 fully saturated rings. The standard InChI is InChI=1S/C12H11BrO3S/c1-2-17(14,15)9-5-6-11(13)10(8-9)12-4-3-7-16-12/h3-8H,2H2,1H3. The maximum absolute atomic E-state index is 11.8. The Morgan fingerprint density at radius 3 is 2.65 bits per heavy atom. The molecule has 0 spiro atoms. The van der Waals surface area contributed by atoms with Crippen LogP contribution in [0.2, 0.25) is 0 Å². The molecule has 0 aliphatic carbocycles. The van der Waals surface area contributed by atoms with Gasteiger partial charge in [0.15, 0.2) is 9.84 Å². The van der Waals surface area contributed by atoms with Gasteiger partial charge < -0.3 is 4.42 Å². The molecule has 0 saturated heterocycles. The quantitative estimate of drug-likeness (QED) is 0.871. The van der Waals surface area contributed by atoms with Crippen LogP contribution in [0.25, 0.3) is 11.3 Å². The summed E-state index contributed by atoms with van der Waals surface area (Å²) in [6, 6.07) is 8.50. The SMILES string of the molecule is CCS(=O)(=O)c1ccc(Br)c(-c2ccco2)c1. The Kier molecular flexibility index (Phi) is 3.40. The fourth-order valence-electron chi connectivity index (χ4n) is 1.49. The van der Waals surface area contributed by atoms with E-state index in [1.54, 1.807) is 43.5 Å². The van der Waals surface area contributed by atoms with E-state index in [9.17, 15) is 8.42 Å². The van der Waals surface area contributed by atoms with Gasteiger partial charge >= 0.3 is 0 Å². The van der Waals surface area contributed by atoms with Gasteiger partial charge in [-0.25, -0.2) is 8.42 Å². The molecule has 1 aromatic carbocycles. The maximum atomic E-state index is 11.8. The van der Waals surface area contributed by atoms with E-state index in [1.807, 2.05) is 0 Å². The van der Waals surface area contributed by atoms with Crippen LogP contribution in [0.4, 0.5) is 0 Å². The molecule has 3 nitrogen and oxygen atoms in total. The minimum atomic E-state index is -3.19. The molecule has 0 atom stereocenters. The molecule has 2 rings (SSSR count). The zero-order valence-electron chi connectivity index (χ0n) is 9.18. The van der Waals surface area contributed by atoms with Crippen molar-refractivity contribution in [2.24, 2.45) is 0 Å². The molecule has 0 aliphatic heterocycles. The Balaban J connectivity index is 2.59. The minimum absolute atomic E-state index is 0.0895. The van der Waals surface area contributed by atoms with Crippen LogP contribution in [-0.2, 0) is 9.84 Å². The normalized spacial score (nSPS) is 11.6. The Hall–Kier alpha value is -1.07. The summed E-state index contributed by atoms with van der Waals surface area (Å²) in [6.45, 7) is 1.63. The third-order valence-electron chi connectivity index (χ3n) is 2.46. The van der Waals surface area contributed by atoms with Crippen molar-refractivity contribution in [3.8, 4) is 11.3 Å². The number of rotatable bonds is 3. The number of hydrogen-bond donors (Lipinski definition) is 0. The highest BCUT2D eigenvalue weighted by molar-refractivity contribution is 9.10. The Morgan fingerprint density at radius 2 is 2.06 bits per heavy atom. The smallest absolute Gasteiger partial charge is 0.178 e. The van der Waals surface area contributed by atoms with Gasteiger partial charge in [0.2, 0.25) is 0 Å². The van der Waals surface area contributed by atoms with Gasteiger partial charge in [0, 0.05) is 10.0 Å². The van der Waals surface area contributed by atoms with Crippen molar-refractivity contribution in [1.29, 1.82) is 0 Å². The highest BCUT2D eigenvalue weighted by Gasteiger charge is 2.15. The van der Waals surface area contributed by atoms with Crippen molar-refractivity contribution < 1.29 is 12.8 Å². The van der Waals surface area contributed by atoms with Crippen LogP contribution < -0.4 is 0 Å². The minimum Gasteiger partial charge on any atom is -0.464 e. The summed E-state index contributed by atoms with van der Waals surface area (Å²) in [6.07, 6.45) is 1.56. The zero-order valence-corrected chi connectivity index (χ0v) is 11.6. The molecule has 0 amide bonds. The van der Waals surface area contributed by atoms with E-state index in [0.29, 0.717) is 10.7 Å². The van der Waals surface area contributed by atoms with E-state index < -0.39 is 9.84 Å². The van der Waals surface area contributed by atoms with Crippen LogP contribution in [0.1, 0.15) is 6.92 Å². The molecule has 0 aliphatic rings. The molecule has 1 aromatic heterocycles. The number of hydrogen-bond acceptors (Lipinski definition) is 3. The summed E-state index contributed by atoms with van der Waals surface area (Å²) in [7, 11) is -3.19. The molecule has 5 heteroatoms. The highest BCUT2D eigenvalue weighted by atomic mass is 79.9. The van der Waals surface area contributed by atoms with Gasteiger partial charge in [-0.05, 0) is 30.3 Å². The van der Waals surface area contributed by atoms with E-state index in [0.717, 1.165) is 10.0 Å². The van der Waals surface area contributed by atoms with Gasteiger partial charge in [0.25, 0.3) is 0 Å². The first-order chi connectivity index (χ1) is 8.04. The summed E-state index contributed by atoms with van der Waals surface area (Å²) in [5.41, 5.74) is 0.740. The number of furan rings is 1. The first kappa shape index (κ1) is 12.4. The predicted molar refractivity (Wildman–Crippen MR) is 69.6 cm³/mol. The van der Waals surface area contributed by atoms with Gasteiger partial charge in [-0.2, -0.15) is 0 Å². The third-order valence-corrected chi connectivity index (χ3v) is 4.89. The lowest BCUT2D eigenvalue weighted by Gasteiger charge is -2.05. The second-order valence-electron chi connectivity index (χ2n) is 3.52. The van der Waals surface area contributed by atoms with E-state index in [2.05, 4.69) is 15.9 Å². The van der Waals surface area contributed by atoms with Gasteiger partial charge in [-0.15, -0.1) is 0 Å². The van der Waals surface area contributed by atoms with E-state index in [4.69, 9.17) is 4.42 Å². The van der Waals surface area contributed by atoms with E-state index >= 15 is 0 Å². The van der Waals surface area contributed by atoms with Crippen molar-refractivity contribution in [3.63, 3.8) is 0 Å². The van der Waals surface area contributed by atoms with Gasteiger partial charge in [-0.3, -0.25) is 0 Å². The van der Waals surface area contributed by atoms with Gasteiger partial charge in [0.05, 0.1) is 16.9 Å². The van der Waals surface area contributed by atoms with Crippen molar-refractivity contribution in [2.75, 3.05) is 5.75 Å². The van der Waals surface area contributed by atoms with Crippen molar-refractivity contribution in [2.45, 2.75) is 11.8 Å². The molecule has 0 unspecified atom stereocenters. The number of sulfone groups is 1. The second-order valence-corrected chi connectivity index (χ2v) is 6.65. The molecule has 0 radical (unpaired) electrons. The van der Waals surface area contributed by atoms with Gasteiger partial charge in [0.1, 0.15) is 5.76 Å². The van der Waals surface area contributed by atoms with Crippen LogP contribution in [0.15, 0.2) is 50.4 Å². The zero-order chi connectivity index (χ0) is 12.5. The molecule has 1 heterocycles. The van der Waals surface area contributed by atoms with Crippen LogP contribution in [0, 0.1) is 0 Å². The molecule has 0 N–H and O–H groups in total. The summed E-state index contributed by atoms with van der Waals surface area (Å²) >= 11 is 3.39. The molecule has 0 bridgehead atoms. The Labute approximate surface area is 109 Å². The molecular weight excluding hydrogens is 304 g/mol. The van der Waals surface area contributed by atoms with Crippen LogP contribution in [0.3, 0.4) is 0 Å². The molecule has 90 valence electrons. The molecular formula is C12H11BrO3S.